The van der Waals surface area contributed by atoms with E-state index in [9.17, 15) is 13.2 Å². The van der Waals surface area contributed by atoms with Crippen LogP contribution in [0.5, 0.6) is 0 Å². The van der Waals surface area contributed by atoms with E-state index >= 15 is 0 Å². The van der Waals surface area contributed by atoms with Gasteiger partial charge >= 0.3 is 0 Å². The van der Waals surface area contributed by atoms with Crippen LogP contribution in [0.15, 0.2) is 41.8 Å². The molecule has 0 spiro atoms. The van der Waals surface area contributed by atoms with Crippen molar-refractivity contribution in [2.75, 3.05) is 18.4 Å². The number of rotatable bonds is 8. The van der Waals surface area contributed by atoms with Gasteiger partial charge in [0.1, 0.15) is 22.6 Å². The molecule has 1 aliphatic heterocycles. The van der Waals surface area contributed by atoms with E-state index in [-0.39, 0.29) is 11.5 Å². The van der Waals surface area contributed by atoms with Crippen molar-refractivity contribution in [1.82, 2.24) is 19.9 Å². The van der Waals surface area contributed by atoms with Crippen LogP contribution in [0.4, 0.5) is 19.0 Å². The molecule has 2 aromatic heterocycles. The number of nitrogens with zero attached hydrogens (tertiary/aromatic N) is 4. The second-order valence-corrected chi connectivity index (χ2v) is 9.64. The van der Waals surface area contributed by atoms with Gasteiger partial charge in [0.15, 0.2) is 5.65 Å². The fourth-order valence-corrected chi connectivity index (χ4v) is 4.71. The monoisotopic (exact) mass is 507 g/mol. The number of aryl methyl sites for hydroxylation is 1. The third-order valence-corrected chi connectivity index (χ3v) is 6.83. The molecule has 0 bridgehead atoms. The number of halogens is 4. The fourth-order valence-electron chi connectivity index (χ4n) is 4.42. The van der Waals surface area contributed by atoms with Crippen molar-refractivity contribution >= 4 is 28.5 Å². The van der Waals surface area contributed by atoms with Crippen molar-refractivity contribution in [2.45, 2.75) is 71.9 Å². The first-order valence-electron chi connectivity index (χ1n) is 11.9. The molecule has 3 rings (SSSR count). The fraction of sp³-hybridized carbons (Fsp3) is 0.500. The summed E-state index contributed by atoms with van der Waals surface area (Å²) in [6.45, 7) is 14.4. The molecule has 0 unspecified atom stereocenters. The van der Waals surface area contributed by atoms with E-state index in [1.807, 2.05) is 6.07 Å². The Kier molecular flexibility index (Phi) is 8.94. The van der Waals surface area contributed by atoms with Crippen LogP contribution < -0.4 is 5.32 Å². The predicted molar refractivity (Wildman–Crippen MR) is 137 cm³/mol. The Morgan fingerprint density at radius 3 is 2.43 bits per heavy atom. The van der Waals surface area contributed by atoms with Crippen molar-refractivity contribution in [2.24, 2.45) is 0 Å². The second kappa shape index (κ2) is 11.5. The van der Waals surface area contributed by atoms with Crippen molar-refractivity contribution < 1.29 is 13.2 Å². The molecule has 1 atom stereocenters. The van der Waals surface area contributed by atoms with Gasteiger partial charge in [0.25, 0.3) is 6.43 Å². The number of aromatic nitrogens is 3. The molecule has 0 radical (unpaired) electrons. The van der Waals surface area contributed by atoms with E-state index in [4.69, 9.17) is 11.6 Å². The molecule has 0 aromatic carbocycles. The molecule has 1 fully saturated rings. The highest BCUT2D eigenvalue weighted by Gasteiger charge is 2.26. The predicted octanol–water partition coefficient (Wildman–Crippen LogP) is 7.00. The van der Waals surface area contributed by atoms with Crippen molar-refractivity contribution in [3.63, 3.8) is 0 Å². The van der Waals surface area contributed by atoms with E-state index in [1.165, 1.54) is 12.2 Å². The van der Waals surface area contributed by atoms with Gasteiger partial charge in [-0.3, -0.25) is 0 Å². The van der Waals surface area contributed by atoms with Crippen LogP contribution >= 0.6 is 11.6 Å². The van der Waals surface area contributed by atoms with E-state index in [2.05, 4.69) is 45.6 Å². The van der Waals surface area contributed by atoms with Crippen LogP contribution in [0.3, 0.4) is 0 Å². The molecular formula is C26H33ClF3N5. The zero-order valence-electron chi connectivity index (χ0n) is 20.9. The Bertz CT molecular complexity index is 1140. The maximum Gasteiger partial charge on any atom is 0.262 e. The van der Waals surface area contributed by atoms with Gasteiger partial charge in [0, 0.05) is 17.2 Å². The SMILES string of the molecule is C=C/C=C(\C(F)=C(/C)C(F)F)[C@@H](C)Nc1nc(C)nc2nc(Cl)c(C3CCN(C(C)C)CC3)cc12. The summed E-state index contributed by atoms with van der Waals surface area (Å²) in [6.07, 6.45) is 1.79. The van der Waals surface area contributed by atoms with E-state index in [0.29, 0.717) is 33.9 Å². The third-order valence-electron chi connectivity index (χ3n) is 6.52. The first-order valence-corrected chi connectivity index (χ1v) is 12.2. The van der Waals surface area contributed by atoms with E-state index in [1.54, 1.807) is 13.8 Å². The molecule has 1 N–H and O–H groups in total. The smallest absolute Gasteiger partial charge is 0.262 e. The number of anilines is 1. The minimum atomic E-state index is -2.89. The average Bonchev–Trinajstić information content (AvgIpc) is 2.81. The summed E-state index contributed by atoms with van der Waals surface area (Å²) in [4.78, 5) is 15.9. The summed E-state index contributed by atoms with van der Waals surface area (Å²) in [6, 6.07) is 1.78. The quantitative estimate of drug-likeness (QED) is 0.308. The van der Waals surface area contributed by atoms with Crippen molar-refractivity contribution in [1.29, 1.82) is 0 Å². The lowest BCUT2D eigenvalue weighted by atomic mass is 9.89. The minimum absolute atomic E-state index is 0.0606. The van der Waals surface area contributed by atoms with Crippen LogP contribution in [0.2, 0.25) is 5.15 Å². The first kappa shape index (κ1) is 27.1. The molecule has 9 heteroatoms. The van der Waals surface area contributed by atoms with Gasteiger partial charge in [0.05, 0.1) is 11.4 Å². The molecular weight excluding hydrogens is 475 g/mol. The van der Waals surface area contributed by atoms with Crippen LogP contribution in [0.25, 0.3) is 11.0 Å². The van der Waals surface area contributed by atoms with Gasteiger partial charge in [-0.25, -0.2) is 28.1 Å². The molecule has 1 aliphatic rings. The van der Waals surface area contributed by atoms with Crippen LogP contribution in [0, 0.1) is 6.92 Å². The van der Waals surface area contributed by atoms with E-state index in [0.717, 1.165) is 38.4 Å². The minimum Gasteiger partial charge on any atom is -0.363 e. The molecule has 3 heterocycles. The molecule has 0 saturated carbocycles. The Labute approximate surface area is 210 Å². The highest BCUT2D eigenvalue weighted by molar-refractivity contribution is 6.30. The Morgan fingerprint density at radius 2 is 1.86 bits per heavy atom. The normalized spacial score (nSPS) is 17.7. The number of alkyl halides is 2. The topological polar surface area (TPSA) is 53.9 Å². The molecule has 1 saturated heterocycles. The number of likely N-dealkylation sites (tertiary alicyclic amines) is 1. The Balaban J connectivity index is 1.99. The summed E-state index contributed by atoms with van der Waals surface area (Å²) in [5.41, 5.74) is 0.797. The van der Waals surface area contributed by atoms with Gasteiger partial charge in [-0.2, -0.15) is 0 Å². The molecule has 35 heavy (non-hydrogen) atoms. The lowest BCUT2D eigenvalue weighted by molar-refractivity contribution is 0.172. The number of allylic oxidation sites excluding steroid dienone is 3. The maximum absolute atomic E-state index is 14.9. The summed E-state index contributed by atoms with van der Waals surface area (Å²) in [5, 5.41) is 4.26. The molecule has 190 valence electrons. The van der Waals surface area contributed by atoms with Crippen LogP contribution in [-0.2, 0) is 0 Å². The summed E-state index contributed by atoms with van der Waals surface area (Å²) in [5.74, 6) is 0.199. The van der Waals surface area contributed by atoms with Crippen molar-refractivity contribution in [3.05, 3.63) is 58.3 Å². The molecule has 2 aromatic rings. The highest BCUT2D eigenvalue weighted by Crippen LogP contribution is 2.36. The van der Waals surface area contributed by atoms with Gasteiger partial charge in [-0.15, -0.1) is 0 Å². The highest BCUT2D eigenvalue weighted by atomic mass is 35.5. The lowest BCUT2D eigenvalue weighted by Crippen LogP contribution is -2.37. The number of fused-ring (bicyclic) bond motifs is 1. The zero-order valence-corrected chi connectivity index (χ0v) is 21.6. The Hall–Kier alpha value is -2.45. The van der Waals surface area contributed by atoms with Gasteiger partial charge in [-0.05, 0) is 78.1 Å². The number of piperidine rings is 1. The third kappa shape index (κ3) is 6.22. The number of nitrogens with one attached hydrogen (secondary N) is 1. The number of hydrogen-bond acceptors (Lipinski definition) is 5. The Morgan fingerprint density at radius 1 is 1.20 bits per heavy atom. The first-order chi connectivity index (χ1) is 16.5. The van der Waals surface area contributed by atoms with E-state index < -0.39 is 23.9 Å². The standard InChI is InChI=1S/C26H33ClF3N5/c1-7-8-19(22(28)15(4)24(29)30)16(5)31-25-21-13-20(18-9-11-35(12-10-18)14(2)3)23(27)34-26(21)33-17(6)32-25/h7-8,13-14,16,18,24H,1,9-12H2,2-6H3,(H,31,32,33,34)/b19-8-,22-15-/t16-/m1/s1. The van der Waals surface area contributed by atoms with Gasteiger partial charge in [0.2, 0.25) is 0 Å². The van der Waals surface area contributed by atoms with Crippen LogP contribution in [-0.4, -0.2) is 51.5 Å². The molecule has 0 aliphatic carbocycles. The second-order valence-electron chi connectivity index (χ2n) is 9.28. The summed E-state index contributed by atoms with van der Waals surface area (Å²) >= 11 is 6.59. The van der Waals surface area contributed by atoms with Crippen molar-refractivity contribution in [3.8, 4) is 0 Å². The zero-order chi connectivity index (χ0) is 25.9. The van der Waals surface area contributed by atoms with Crippen LogP contribution in [0.1, 0.15) is 57.8 Å². The number of hydrogen-bond donors (Lipinski definition) is 1. The summed E-state index contributed by atoms with van der Waals surface area (Å²) < 4.78 is 41.2. The number of pyridine rings is 1. The van der Waals surface area contributed by atoms with Gasteiger partial charge in [-0.1, -0.05) is 30.3 Å². The average molecular weight is 508 g/mol. The lowest BCUT2D eigenvalue weighted by Gasteiger charge is -2.35. The molecule has 5 nitrogen and oxygen atoms in total. The largest absolute Gasteiger partial charge is 0.363 e. The molecule has 0 amide bonds. The maximum atomic E-state index is 14.9. The summed E-state index contributed by atoms with van der Waals surface area (Å²) in [7, 11) is 0. The van der Waals surface area contributed by atoms with Gasteiger partial charge < -0.3 is 10.2 Å².